The molecule has 1 fully saturated rings. The fourth-order valence-electron chi connectivity index (χ4n) is 2.44. The summed E-state index contributed by atoms with van der Waals surface area (Å²) >= 11 is 0. The molecule has 0 bridgehead atoms. The van der Waals surface area contributed by atoms with Crippen molar-refractivity contribution in [1.29, 1.82) is 0 Å². The summed E-state index contributed by atoms with van der Waals surface area (Å²) in [5.41, 5.74) is 0. The van der Waals surface area contributed by atoms with E-state index in [-0.39, 0.29) is 13.1 Å². The van der Waals surface area contributed by atoms with E-state index in [4.69, 9.17) is 0 Å². The van der Waals surface area contributed by atoms with Gasteiger partial charge in [-0.25, -0.2) is 21.9 Å². The van der Waals surface area contributed by atoms with Gasteiger partial charge >= 0.3 is 6.18 Å². The van der Waals surface area contributed by atoms with Gasteiger partial charge in [-0.15, -0.1) is 0 Å². The number of aromatic nitrogens is 2. The molecule has 13 heteroatoms. The molecule has 2 N–H and O–H groups in total. The molecule has 1 aliphatic rings. The van der Waals surface area contributed by atoms with E-state index in [0.29, 0.717) is 13.1 Å². The maximum Gasteiger partial charge on any atom is 0.405 e. The zero-order chi connectivity index (χ0) is 18.7. The van der Waals surface area contributed by atoms with Crippen LogP contribution in [0.3, 0.4) is 0 Å². The molecule has 1 unspecified atom stereocenters. The van der Waals surface area contributed by atoms with Crippen molar-refractivity contribution in [2.24, 2.45) is 0 Å². The molecular weight excluding hydrogens is 373 g/mol. The third kappa shape index (κ3) is 5.59. The normalized spacial score (nSPS) is 18.6. The molecule has 0 spiro atoms. The Labute approximate surface area is 141 Å². The van der Waals surface area contributed by atoms with Gasteiger partial charge in [0, 0.05) is 38.9 Å². The first-order valence-electron chi connectivity index (χ1n) is 7.41. The Morgan fingerprint density at radius 2 is 1.92 bits per heavy atom. The molecule has 0 aliphatic carbocycles. The van der Waals surface area contributed by atoms with Crippen molar-refractivity contribution in [3.8, 4) is 0 Å². The molecule has 1 atom stereocenters. The Morgan fingerprint density at radius 1 is 1.28 bits per heavy atom. The number of rotatable bonds is 7. The Bertz CT molecular complexity index is 657. The van der Waals surface area contributed by atoms with Crippen molar-refractivity contribution < 1.29 is 30.4 Å². The number of hydrogen-bond donors (Lipinski definition) is 2. The monoisotopic (exact) mass is 391 g/mol. The standard InChI is InChI=1S/C12H18F5N5O2S/c13-11(14)8-22-7-9(5-19-22)25(23,24)20-6-10(12(15,16)17)21-3-1-18-2-4-21/h5,7,10-11,18,20H,1-4,6,8H2. The van der Waals surface area contributed by atoms with Gasteiger partial charge in [-0.2, -0.15) is 18.3 Å². The van der Waals surface area contributed by atoms with Gasteiger partial charge in [0.1, 0.15) is 17.5 Å². The highest BCUT2D eigenvalue weighted by Crippen LogP contribution is 2.25. The molecule has 7 nitrogen and oxygen atoms in total. The molecule has 25 heavy (non-hydrogen) atoms. The minimum absolute atomic E-state index is 0.137. The summed E-state index contributed by atoms with van der Waals surface area (Å²) in [6.07, 6.45) is -5.68. The Kier molecular flexibility index (Phi) is 6.35. The van der Waals surface area contributed by atoms with Crippen LogP contribution < -0.4 is 10.0 Å². The predicted molar refractivity (Wildman–Crippen MR) is 77.7 cm³/mol. The second-order valence-electron chi connectivity index (χ2n) is 5.48. The summed E-state index contributed by atoms with van der Waals surface area (Å²) in [6, 6.07) is -1.97. The van der Waals surface area contributed by atoms with Gasteiger partial charge in [-0.05, 0) is 0 Å². The first-order valence-corrected chi connectivity index (χ1v) is 8.89. The number of halogens is 5. The van der Waals surface area contributed by atoms with E-state index in [9.17, 15) is 30.4 Å². The molecule has 0 radical (unpaired) electrons. The SMILES string of the molecule is O=S(=O)(NCC(N1CCNCC1)C(F)(F)F)c1cnn(CC(F)F)c1. The summed E-state index contributed by atoms with van der Waals surface area (Å²) < 4.78 is 91.0. The molecule has 144 valence electrons. The fourth-order valence-corrected chi connectivity index (χ4v) is 3.43. The summed E-state index contributed by atoms with van der Waals surface area (Å²) in [6.45, 7) is -0.650. The van der Waals surface area contributed by atoms with Crippen molar-refractivity contribution in [3.05, 3.63) is 12.4 Å². The van der Waals surface area contributed by atoms with Crippen molar-refractivity contribution in [2.45, 2.75) is 30.1 Å². The van der Waals surface area contributed by atoms with Gasteiger partial charge in [0.05, 0.1) is 6.20 Å². The Hall–Kier alpha value is -1.31. The molecule has 2 rings (SSSR count). The number of piperazine rings is 1. The fraction of sp³-hybridized carbons (Fsp3) is 0.750. The highest BCUT2D eigenvalue weighted by Gasteiger charge is 2.44. The predicted octanol–water partition coefficient (Wildman–Crippen LogP) is 0.263. The first kappa shape index (κ1) is 20.0. The minimum atomic E-state index is -4.61. The van der Waals surface area contributed by atoms with Crippen molar-refractivity contribution >= 4 is 10.0 Å². The van der Waals surface area contributed by atoms with Gasteiger partial charge in [0.15, 0.2) is 0 Å². The lowest BCUT2D eigenvalue weighted by Crippen LogP contribution is -2.57. The van der Waals surface area contributed by atoms with Crippen LogP contribution in [0.4, 0.5) is 22.0 Å². The highest BCUT2D eigenvalue weighted by molar-refractivity contribution is 7.89. The second kappa shape index (κ2) is 7.93. The van der Waals surface area contributed by atoms with E-state index in [2.05, 4.69) is 10.4 Å². The number of nitrogens with one attached hydrogen (secondary N) is 2. The van der Waals surface area contributed by atoms with Crippen LogP contribution in [-0.4, -0.2) is 74.5 Å². The van der Waals surface area contributed by atoms with Gasteiger partial charge in [-0.3, -0.25) is 9.58 Å². The van der Waals surface area contributed by atoms with Crippen LogP contribution in [-0.2, 0) is 16.6 Å². The smallest absolute Gasteiger partial charge is 0.314 e. The van der Waals surface area contributed by atoms with Gasteiger partial charge in [0.2, 0.25) is 10.0 Å². The average Bonchev–Trinajstić information content (AvgIpc) is 2.95. The largest absolute Gasteiger partial charge is 0.405 e. The molecule has 0 saturated carbocycles. The number of hydrogen-bond acceptors (Lipinski definition) is 5. The zero-order valence-corrected chi connectivity index (χ0v) is 13.8. The summed E-state index contributed by atoms with van der Waals surface area (Å²) in [7, 11) is -4.29. The molecular formula is C12H18F5N5O2S. The van der Waals surface area contributed by atoms with Crippen LogP contribution in [0.2, 0.25) is 0 Å². The summed E-state index contributed by atoms with van der Waals surface area (Å²) in [5, 5.41) is 6.38. The highest BCUT2D eigenvalue weighted by atomic mass is 32.2. The number of sulfonamides is 1. The molecule has 1 saturated heterocycles. The topological polar surface area (TPSA) is 79.3 Å². The maximum atomic E-state index is 13.2. The third-order valence-corrected chi connectivity index (χ3v) is 5.06. The van der Waals surface area contributed by atoms with E-state index in [1.165, 1.54) is 0 Å². The lowest BCUT2D eigenvalue weighted by Gasteiger charge is -2.35. The van der Waals surface area contributed by atoms with E-state index in [1.807, 2.05) is 4.72 Å². The van der Waals surface area contributed by atoms with Crippen molar-refractivity contribution in [3.63, 3.8) is 0 Å². The zero-order valence-electron chi connectivity index (χ0n) is 13.0. The minimum Gasteiger partial charge on any atom is -0.314 e. The summed E-state index contributed by atoms with van der Waals surface area (Å²) in [5.74, 6) is 0. The molecule has 0 amide bonds. The van der Waals surface area contributed by atoms with Crippen molar-refractivity contribution in [2.75, 3.05) is 32.7 Å². The van der Waals surface area contributed by atoms with Crippen LogP contribution in [0.15, 0.2) is 17.3 Å². The molecule has 1 aromatic rings. The van der Waals surface area contributed by atoms with E-state index in [0.717, 1.165) is 22.0 Å². The quantitative estimate of drug-likeness (QED) is 0.652. The first-order chi connectivity index (χ1) is 11.6. The Morgan fingerprint density at radius 3 is 2.48 bits per heavy atom. The van der Waals surface area contributed by atoms with Gasteiger partial charge < -0.3 is 5.32 Å². The van der Waals surface area contributed by atoms with E-state index >= 15 is 0 Å². The van der Waals surface area contributed by atoms with Gasteiger partial charge in [0.25, 0.3) is 6.43 Å². The third-order valence-electron chi connectivity index (χ3n) is 3.68. The van der Waals surface area contributed by atoms with Crippen molar-refractivity contribution in [1.82, 2.24) is 24.7 Å². The van der Waals surface area contributed by atoms with E-state index in [1.54, 1.807) is 0 Å². The molecule has 2 heterocycles. The lowest BCUT2D eigenvalue weighted by molar-refractivity contribution is -0.182. The molecule has 0 aromatic carbocycles. The van der Waals surface area contributed by atoms with E-state index < -0.39 is 46.7 Å². The van der Waals surface area contributed by atoms with Crippen LogP contribution in [0.25, 0.3) is 0 Å². The number of nitrogens with zero attached hydrogens (tertiary/aromatic N) is 3. The summed E-state index contributed by atoms with van der Waals surface area (Å²) in [4.78, 5) is 0.688. The van der Waals surface area contributed by atoms with Gasteiger partial charge in [-0.1, -0.05) is 0 Å². The maximum absolute atomic E-state index is 13.2. The van der Waals surface area contributed by atoms with Crippen LogP contribution >= 0.6 is 0 Å². The lowest BCUT2D eigenvalue weighted by atomic mass is 10.2. The average molecular weight is 391 g/mol. The molecule has 1 aromatic heterocycles. The Balaban J connectivity index is 2.06. The second-order valence-corrected chi connectivity index (χ2v) is 7.25. The number of alkyl halides is 5. The van der Waals surface area contributed by atoms with Crippen LogP contribution in [0.5, 0.6) is 0 Å². The van der Waals surface area contributed by atoms with Crippen LogP contribution in [0, 0.1) is 0 Å². The van der Waals surface area contributed by atoms with Crippen LogP contribution in [0.1, 0.15) is 0 Å². The molecule has 1 aliphatic heterocycles.